The van der Waals surface area contributed by atoms with Crippen LogP contribution in [0.4, 0.5) is 13.2 Å². The number of hydrogen-bond acceptors (Lipinski definition) is 5. The van der Waals surface area contributed by atoms with Gasteiger partial charge in [0.15, 0.2) is 11.9 Å². The molecule has 1 heterocycles. The summed E-state index contributed by atoms with van der Waals surface area (Å²) >= 11 is 0. The normalized spacial score (nSPS) is 14.8. The molecule has 18 heavy (non-hydrogen) atoms. The van der Waals surface area contributed by atoms with Crippen LogP contribution in [-0.2, 0) is 10.0 Å². The predicted octanol–water partition coefficient (Wildman–Crippen LogP) is 0.493. The van der Waals surface area contributed by atoms with E-state index in [0.717, 1.165) is 0 Å². The summed E-state index contributed by atoms with van der Waals surface area (Å²) in [7, 11) is -4.20. The maximum absolute atomic E-state index is 12.0. The molecule has 0 amide bonds. The van der Waals surface area contributed by atoms with Crippen LogP contribution < -0.4 is 4.72 Å². The van der Waals surface area contributed by atoms with Crippen LogP contribution in [0, 0.1) is 13.8 Å². The summed E-state index contributed by atoms with van der Waals surface area (Å²) in [5.41, 5.74) is 0.0292. The number of nitrogens with one attached hydrogen (secondary N) is 1. The van der Waals surface area contributed by atoms with Crippen LogP contribution >= 0.6 is 0 Å². The molecule has 1 aromatic rings. The SMILES string of the molecule is Cc1noc(C)c1S(=O)(=O)NCC(O)C(F)(F)F. The lowest BCUT2D eigenvalue weighted by Crippen LogP contribution is -2.40. The minimum Gasteiger partial charge on any atom is -0.382 e. The van der Waals surface area contributed by atoms with Gasteiger partial charge >= 0.3 is 6.18 Å². The van der Waals surface area contributed by atoms with Crippen LogP contribution in [0.1, 0.15) is 11.5 Å². The maximum atomic E-state index is 12.0. The zero-order valence-corrected chi connectivity index (χ0v) is 10.3. The minimum atomic E-state index is -4.89. The first-order valence-electron chi connectivity index (χ1n) is 4.73. The number of aryl methyl sites for hydroxylation is 2. The van der Waals surface area contributed by atoms with Crippen molar-refractivity contribution in [2.75, 3.05) is 6.54 Å². The van der Waals surface area contributed by atoms with Crippen LogP contribution in [0.25, 0.3) is 0 Å². The first-order chi connectivity index (χ1) is 8.05. The Bertz CT molecular complexity index is 503. The van der Waals surface area contributed by atoms with Crippen molar-refractivity contribution in [3.8, 4) is 0 Å². The lowest BCUT2D eigenvalue weighted by molar-refractivity contribution is -0.200. The Morgan fingerprint density at radius 2 is 2.00 bits per heavy atom. The summed E-state index contributed by atoms with van der Waals surface area (Å²) < 4.78 is 65.6. The number of nitrogens with zero attached hydrogens (tertiary/aromatic N) is 1. The van der Waals surface area contributed by atoms with Crippen molar-refractivity contribution in [3.63, 3.8) is 0 Å². The van der Waals surface area contributed by atoms with E-state index >= 15 is 0 Å². The molecule has 0 aliphatic carbocycles. The number of aromatic nitrogens is 1. The van der Waals surface area contributed by atoms with Crippen molar-refractivity contribution in [2.45, 2.75) is 31.0 Å². The van der Waals surface area contributed by atoms with Crippen LogP contribution in [0.2, 0.25) is 0 Å². The topological polar surface area (TPSA) is 92.4 Å². The molecule has 104 valence electrons. The molecule has 10 heteroatoms. The summed E-state index contributed by atoms with van der Waals surface area (Å²) in [5.74, 6) is -0.0403. The van der Waals surface area contributed by atoms with Crippen molar-refractivity contribution in [1.29, 1.82) is 0 Å². The number of alkyl halides is 3. The van der Waals surface area contributed by atoms with E-state index in [1.165, 1.54) is 13.8 Å². The fraction of sp³-hybridized carbons (Fsp3) is 0.625. The summed E-state index contributed by atoms with van der Waals surface area (Å²) in [6.07, 6.45) is -7.66. The van der Waals surface area contributed by atoms with Crippen molar-refractivity contribution in [1.82, 2.24) is 9.88 Å². The number of halogens is 3. The summed E-state index contributed by atoms with van der Waals surface area (Å²) in [4.78, 5) is -0.322. The van der Waals surface area contributed by atoms with Gasteiger partial charge in [0.1, 0.15) is 10.6 Å². The van der Waals surface area contributed by atoms with Gasteiger partial charge in [-0.2, -0.15) is 13.2 Å². The molecular formula is C8H11F3N2O4S. The van der Waals surface area contributed by atoms with Gasteiger partial charge in [-0.1, -0.05) is 5.16 Å². The molecule has 0 bridgehead atoms. The van der Waals surface area contributed by atoms with E-state index in [0.29, 0.717) is 0 Å². The van der Waals surface area contributed by atoms with E-state index in [1.54, 1.807) is 4.72 Å². The third-order valence-electron chi connectivity index (χ3n) is 2.08. The number of aliphatic hydroxyl groups is 1. The van der Waals surface area contributed by atoms with Gasteiger partial charge in [-0.3, -0.25) is 0 Å². The van der Waals surface area contributed by atoms with Gasteiger partial charge in [-0.15, -0.1) is 0 Å². The smallest absolute Gasteiger partial charge is 0.382 e. The van der Waals surface area contributed by atoms with Gasteiger partial charge in [0.05, 0.1) is 0 Å². The van der Waals surface area contributed by atoms with Gasteiger partial charge in [0.2, 0.25) is 10.0 Å². The molecule has 0 aliphatic heterocycles. The standard InChI is InChI=1S/C8H11F3N2O4S/c1-4-7(5(2)17-13-4)18(15,16)12-3-6(14)8(9,10)11/h6,12,14H,3H2,1-2H3. The van der Waals surface area contributed by atoms with Crippen LogP contribution in [0.15, 0.2) is 9.42 Å². The van der Waals surface area contributed by atoms with Gasteiger partial charge < -0.3 is 9.63 Å². The lowest BCUT2D eigenvalue weighted by Gasteiger charge is -2.14. The first kappa shape index (κ1) is 14.9. The number of rotatable bonds is 4. The van der Waals surface area contributed by atoms with Gasteiger partial charge in [0, 0.05) is 6.54 Å². The number of sulfonamides is 1. The molecule has 1 aromatic heterocycles. The first-order valence-corrected chi connectivity index (χ1v) is 6.21. The van der Waals surface area contributed by atoms with Crippen molar-refractivity contribution in [3.05, 3.63) is 11.5 Å². The number of hydrogen-bond donors (Lipinski definition) is 2. The molecule has 0 aromatic carbocycles. The molecule has 0 fully saturated rings. The van der Waals surface area contributed by atoms with E-state index in [-0.39, 0.29) is 16.3 Å². The molecule has 0 aliphatic rings. The molecule has 0 radical (unpaired) electrons. The van der Waals surface area contributed by atoms with Crippen LogP contribution in [-0.4, -0.2) is 37.5 Å². The minimum absolute atomic E-state index is 0.0292. The highest BCUT2D eigenvalue weighted by Crippen LogP contribution is 2.21. The maximum Gasteiger partial charge on any atom is 0.415 e. The molecule has 1 atom stereocenters. The highest BCUT2D eigenvalue weighted by molar-refractivity contribution is 7.89. The summed E-state index contributed by atoms with van der Waals surface area (Å²) in [5, 5.41) is 12.1. The second kappa shape index (κ2) is 4.86. The van der Waals surface area contributed by atoms with Crippen LogP contribution in [0.5, 0.6) is 0 Å². The van der Waals surface area contributed by atoms with Gasteiger partial charge in [0.25, 0.3) is 0 Å². The average Bonchev–Trinajstić information content (AvgIpc) is 2.54. The van der Waals surface area contributed by atoms with E-state index in [2.05, 4.69) is 9.68 Å². The van der Waals surface area contributed by atoms with E-state index in [1.807, 2.05) is 0 Å². The zero-order chi connectivity index (χ0) is 14.1. The van der Waals surface area contributed by atoms with Gasteiger partial charge in [-0.25, -0.2) is 13.1 Å². The highest BCUT2D eigenvalue weighted by atomic mass is 32.2. The third kappa shape index (κ3) is 3.21. The van der Waals surface area contributed by atoms with Gasteiger partial charge in [-0.05, 0) is 13.8 Å². The highest BCUT2D eigenvalue weighted by Gasteiger charge is 2.39. The van der Waals surface area contributed by atoms with Crippen molar-refractivity contribution < 1.29 is 31.2 Å². The van der Waals surface area contributed by atoms with Crippen molar-refractivity contribution >= 4 is 10.0 Å². The Morgan fingerprint density at radius 3 is 2.39 bits per heavy atom. The van der Waals surface area contributed by atoms with Crippen LogP contribution in [0.3, 0.4) is 0 Å². The van der Waals surface area contributed by atoms with Crippen molar-refractivity contribution in [2.24, 2.45) is 0 Å². The van der Waals surface area contributed by atoms with E-state index < -0.39 is 28.8 Å². The lowest BCUT2D eigenvalue weighted by atomic mass is 10.4. The largest absolute Gasteiger partial charge is 0.415 e. The second-order valence-electron chi connectivity index (χ2n) is 3.56. The quantitative estimate of drug-likeness (QED) is 0.841. The number of aliphatic hydroxyl groups excluding tert-OH is 1. The second-order valence-corrected chi connectivity index (χ2v) is 5.27. The molecule has 0 spiro atoms. The Kier molecular flexibility index (Phi) is 4.03. The molecule has 0 saturated carbocycles. The molecule has 2 N–H and O–H groups in total. The molecule has 0 saturated heterocycles. The molecule has 1 unspecified atom stereocenters. The molecule has 1 rings (SSSR count). The molecular weight excluding hydrogens is 277 g/mol. The fourth-order valence-corrected chi connectivity index (χ4v) is 2.60. The fourth-order valence-electron chi connectivity index (χ4n) is 1.23. The third-order valence-corrected chi connectivity index (χ3v) is 3.75. The monoisotopic (exact) mass is 288 g/mol. The Hall–Kier alpha value is -1.13. The summed E-state index contributed by atoms with van der Waals surface area (Å²) in [6, 6.07) is 0. The molecule has 6 nitrogen and oxygen atoms in total. The van der Waals surface area contributed by atoms with E-state index in [9.17, 15) is 21.6 Å². The Labute approximate surface area is 101 Å². The Morgan fingerprint density at radius 1 is 1.44 bits per heavy atom. The Balaban J connectivity index is 2.85. The van der Waals surface area contributed by atoms with E-state index in [4.69, 9.17) is 5.11 Å². The summed E-state index contributed by atoms with van der Waals surface area (Å²) in [6.45, 7) is 1.48. The average molecular weight is 288 g/mol. The predicted molar refractivity (Wildman–Crippen MR) is 53.2 cm³/mol. The zero-order valence-electron chi connectivity index (χ0n) is 9.45.